The van der Waals surface area contributed by atoms with Crippen molar-refractivity contribution in [3.63, 3.8) is 0 Å². The van der Waals surface area contributed by atoms with Gasteiger partial charge in [-0.05, 0) is 38.0 Å². The van der Waals surface area contributed by atoms with Crippen LogP contribution in [-0.4, -0.2) is 43.5 Å². The SMILES string of the molecule is CN=C(NCC1CCCC(C(F)(F)F)C1)NCC1CCCC1O. The van der Waals surface area contributed by atoms with Crippen molar-refractivity contribution in [2.24, 2.45) is 22.7 Å². The van der Waals surface area contributed by atoms with Crippen molar-refractivity contribution in [2.75, 3.05) is 20.1 Å². The molecule has 7 heteroatoms. The van der Waals surface area contributed by atoms with E-state index in [9.17, 15) is 18.3 Å². The highest BCUT2D eigenvalue weighted by Gasteiger charge is 2.42. The zero-order valence-electron chi connectivity index (χ0n) is 13.7. The number of hydrogen-bond acceptors (Lipinski definition) is 2. The molecule has 4 nitrogen and oxygen atoms in total. The van der Waals surface area contributed by atoms with Crippen molar-refractivity contribution in [1.82, 2.24) is 10.6 Å². The van der Waals surface area contributed by atoms with Gasteiger partial charge in [0.1, 0.15) is 0 Å². The van der Waals surface area contributed by atoms with Crippen LogP contribution in [0.5, 0.6) is 0 Å². The highest BCUT2D eigenvalue weighted by Crippen LogP contribution is 2.39. The Morgan fingerprint density at radius 1 is 1.09 bits per heavy atom. The average Bonchev–Trinajstić information content (AvgIpc) is 2.92. The number of alkyl halides is 3. The van der Waals surface area contributed by atoms with Crippen molar-refractivity contribution in [3.05, 3.63) is 0 Å². The predicted molar refractivity (Wildman–Crippen MR) is 84.2 cm³/mol. The van der Waals surface area contributed by atoms with Gasteiger partial charge in [0.05, 0.1) is 12.0 Å². The number of halogens is 3. The van der Waals surface area contributed by atoms with E-state index in [0.29, 0.717) is 25.5 Å². The molecule has 0 saturated heterocycles. The highest BCUT2D eigenvalue weighted by atomic mass is 19.4. The third-order valence-corrected chi connectivity index (χ3v) is 5.18. The Labute approximate surface area is 135 Å². The molecule has 2 aliphatic carbocycles. The molecule has 3 N–H and O–H groups in total. The number of nitrogens with zero attached hydrogens (tertiary/aromatic N) is 1. The maximum Gasteiger partial charge on any atom is 0.391 e. The zero-order valence-corrected chi connectivity index (χ0v) is 13.7. The van der Waals surface area contributed by atoms with E-state index >= 15 is 0 Å². The van der Waals surface area contributed by atoms with E-state index in [0.717, 1.165) is 25.7 Å². The maximum absolute atomic E-state index is 12.8. The van der Waals surface area contributed by atoms with Gasteiger partial charge >= 0.3 is 6.18 Å². The van der Waals surface area contributed by atoms with Crippen LogP contribution in [0.1, 0.15) is 44.9 Å². The summed E-state index contributed by atoms with van der Waals surface area (Å²) in [6.45, 7) is 1.16. The van der Waals surface area contributed by atoms with Crippen LogP contribution in [0, 0.1) is 17.8 Å². The van der Waals surface area contributed by atoms with Gasteiger partial charge in [0.15, 0.2) is 5.96 Å². The van der Waals surface area contributed by atoms with E-state index in [2.05, 4.69) is 15.6 Å². The summed E-state index contributed by atoms with van der Waals surface area (Å²) in [7, 11) is 1.65. The maximum atomic E-state index is 12.8. The fourth-order valence-electron chi connectivity index (χ4n) is 3.72. The van der Waals surface area contributed by atoms with Crippen molar-refractivity contribution in [1.29, 1.82) is 0 Å². The number of aliphatic hydroxyl groups is 1. The molecule has 0 aliphatic heterocycles. The average molecular weight is 335 g/mol. The number of rotatable bonds is 4. The Balaban J connectivity index is 1.72. The topological polar surface area (TPSA) is 56.7 Å². The molecule has 4 atom stereocenters. The second kappa shape index (κ2) is 8.22. The van der Waals surface area contributed by atoms with Crippen LogP contribution in [0.25, 0.3) is 0 Å². The predicted octanol–water partition coefficient (Wildman–Crippen LogP) is 2.68. The number of aliphatic hydroxyl groups excluding tert-OH is 1. The van der Waals surface area contributed by atoms with E-state index in [1.165, 1.54) is 0 Å². The lowest BCUT2D eigenvalue weighted by atomic mass is 9.81. The molecule has 0 radical (unpaired) electrons. The third kappa shape index (κ3) is 5.55. The molecule has 0 bridgehead atoms. The molecule has 2 rings (SSSR count). The standard InChI is InChI=1S/C16H28F3N3O/c1-20-15(22-10-12-5-3-7-14(12)23)21-9-11-4-2-6-13(8-11)16(17,18)19/h11-14,23H,2-10H2,1H3,(H2,20,21,22). The minimum Gasteiger partial charge on any atom is -0.393 e. The molecule has 2 fully saturated rings. The molecular formula is C16H28F3N3O. The smallest absolute Gasteiger partial charge is 0.391 e. The molecule has 0 aromatic rings. The van der Waals surface area contributed by atoms with Crippen molar-refractivity contribution >= 4 is 5.96 Å². The van der Waals surface area contributed by atoms with Crippen LogP contribution in [0.4, 0.5) is 13.2 Å². The van der Waals surface area contributed by atoms with Gasteiger partial charge in [-0.15, -0.1) is 0 Å². The lowest BCUT2D eigenvalue weighted by Gasteiger charge is -2.31. The minimum absolute atomic E-state index is 0.0333. The summed E-state index contributed by atoms with van der Waals surface area (Å²) in [5.41, 5.74) is 0. The van der Waals surface area contributed by atoms with E-state index in [1.807, 2.05) is 0 Å². The van der Waals surface area contributed by atoms with Gasteiger partial charge in [-0.3, -0.25) is 4.99 Å². The van der Waals surface area contributed by atoms with Gasteiger partial charge in [0.25, 0.3) is 0 Å². The first-order valence-electron chi connectivity index (χ1n) is 8.59. The fourth-order valence-corrected chi connectivity index (χ4v) is 3.72. The summed E-state index contributed by atoms with van der Waals surface area (Å²) in [4.78, 5) is 4.12. The van der Waals surface area contributed by atoms with Gasteiger partial charge < -0.3 is 15.7 Å². The summed E-state index contributed by atoms with van der Waals surface area (Å²) in [6, 6.07) is 0. The van der Waals surface area contributed by atoms with Crippen LogP contribution in [0.15, 0.2) is 4.99 Å². The summed E-state index contributed by atoms with van der Waals surface area (Å²) < 4.78 is 38.5. The monoisotopic (exact) mass is 335 g/mol. The lowest BCUT2D eigenvalue weighted by molar-refractivity contribution is -0.185. The van der Waals surface area contributed by atoms with Crippen LogP contribution in [-0.2, 0) is 0 Å². The minimum atomic E-state index is -4.07. The Bertz CT molecular complexity index is 401. The second-order valence-corrected chi connectivity index (χ2v) is 6.86. The van der Waals surface area contributed by atoms with E-state index in [4.69, 9.17) is 0 Å². The van der Waals surface area contributed by atoms with Crippen molar-refractivity contribution in [3.8, 4) is 0 Å². The molecule has 0 spiro atoms. The van der Waals surface area contributed by atoms with Crippen molar-refractivity contribution < 1.29 is 18.3 Å². The van der Waals surface area contributed by atoms with Gasteiger partial charge in [0, 0.05) is 26.1 Å². The molecule has 2 saturated carbocycles. The lowest BCUT2D eigenvalue weighted by Crippen LogP contribution is -2.43. The molecule has 134 valence electrons. The van der Waals surface area contributed by atoms with Crippen LogP contribution < -0.4 is 10.6 Å². The Hall–Kier alpha value is -0.980. The summed E-state index contributed by atoms with van der Waals surface area (Å²) in [5.74, 6) is -0.284. The van der Waals surface area contributed by atoms with Crippen molar-refractivity contribution in [2.45, 2.75) is 57.2 Å². The third-order valence-electron chi connectivity index (χ3n) is 5.18. The molecule has 0 amide bonds. The Kier molecular flexibility index (Phi) is 6.56. The van der Waals surface area contributed by atoms with Gasteiger partial charge in [-0.25, -0.2) is 0 Å². The molecule has 4 unspecified atom stereocenters. The number of aliphatic imine (C=N–C) groups is 1. The molecular weight excluding hydrogens is 307 g/mol. The fraction of sp³-hybridized carbons (Fsp3) is 0.938. The normalized spacial score (nSPS) is 32.8. The van der Waals surface area contributed by atoms with E-state index in [-0.39, 0.29) is 30.8 Å². The quantitative estimate of drug-likeness (QED) is 0.547. The van der Waals surface area contributed by atoms with Crippen LogP contribution in [0.3, 0.4) is 0 Å². The first kappa shape index (κ1) is 18.4. The van der Waals surface area contributed by atoms with E-state index in [1.54, 1.807) is 7.05 Å². The van der Waals surface area contributed by atoms with Gasteiger partial charge in [-0.1, -0.05) is 12.8 Å². The number of nitrogens with one attached hydrogen (secondary N) is 2. The van der Waals surface area contributed by atoms with Crippen LogP contribution >= 0.6 is 0 Å². The summed E-state index contributed by atoms with van der Waals surface area (Å²) in [6.07, 6.45) is 0.486. The molecule has 0 aromatic heterocycles. The Morgan fingerprint density at radius 2 is 1.78 bits per heavy atom. The first-order chi connectivity index (χ1) is 10.9. The molecule has 2 aliphatic rings. The largest absolute Gasteiger partial charge is 0.393 e. The van der Waals surface area contributed by atoms with Gasteiger partial charge in [-0.2, -0.15) is 13.2 Å². The number of hydrogen-bond donors (Lipinski definition) is 3. The van der Waals surface area contributed by atoms with Crippen LogP contribution in [0.2, 0.25) is 0 Å². The number of guanidine groups is 1. The summed E-state index contributed by atoms with van der Waals surface area (Å²) in [5, 5.41) is 16.1. The summed E-state index contributed by atoms with van der Waals surface area (Å²) >= 11 is 0. The zero-order chi connectivity index (χ0) is 16.9. The molecule has 0 aromatic carbocycles. The first-order valence-corrected chi connectivity index (χ1v) is 8.59. The van der Waals surface area contributed by atoms with Gasteiger partial charge in [0.2, 0.25) is 0 Å². The highest BCUT2D eigenvalue weighted by molar-refractivity contribution is 5.79. The molecule has 23 heavy (non-hydrogen) atoms. The van der Waals surface area contributed by atoms with E-state index < -0.39 is 12.1 Å². The Morgan fingerprint density at radius 3 is 2.39 bits per heavy atom. The second-order valence-electron chi connectivity index (χ2n) is 6.86. The molecule has 0 heterocycles.